The Morgan fingerprint density at radius 2 is 1.72 bits per heavy atom. The van der Waals surface area contributed by atoms with E-state index in [0.717, 1.165) is 37.0 Å². The van der Waals surface area contributed by atoms with Crippen molar-refractivity contribution in [1.29, 1.82) is 0 Å². The Hall–Kier alpha value is -1.83. The van der Waals surface area contributed by atoms with E-state index in [1.54, 1.807) is 7.11 Å². The zero-order valence-electron chi connectivity index (χ0n) is 18.7. The molecular formula is C22H39N3O4. The SMILES string of the molecule is COCCOCCNC(=NCCCOCC(C)C)Nc1ccc(OC(C)C)cc1. The molecule has 0 aliphatic carbocycles. The van der Waals surface area contributed by atoms with Crippen molar-refractivity contribution in [1.82, 2.24) is 5.32 Å². The quantitative estimate of drug-likeness (QED) is 0.262. The predicted molar refractivity (Wildman–Crippen MR) is 119 cm³/mol. The number of methoxy groups -OCH3 is 1. The van der Waals surface area contributed by atoms with Gasteiger partial charge in [0.1, 0.15) is 5.75 Å². The largest absolute Gasteiger partial charge is 0.491 e. The molecule has 0 unspecified atom stereocenters. The van der Waals surface area contributed by atoms with Gasteiger partial charge >= 0.3 is 0 Å². The number of hydrogen-bond donors (Lipinski definition) is 2. The lowest BCUT2D eigenvalue weighted by Gasteiger charge is -2.14. The first kappa shape index (κ1) is 25.2. The average Bonchev–Trinajstić information content (AvgIpc) is 2.67. The van der Waals surface area contributed by atoms with E-state index >= 15 is 0 Å². The van der Waals surface area contributed by atoms with E-state index < -0.39 is 0 Å². The van der Waals surface area contributed by atoms with Crippen molar-refractivity contribution in [2.45, 2.75) is 40.2 Å². The third-order valence-electron chi connectivity index (χ3n) is 3.63. The monoisotopic (exact) mass is 409 g/mol. The fourth-order valence-corrected chi connectivity index (χ4v) is 2.33. The maximum atomic E-state index is 5.69. The highest BCUT2D eigenvalue weighted by Crippen LogP contribution is 2.16. The smallest absolute Gasteiger partial charge is 0.195 e. The second-order valence-corrected chi connectivity index (χ2v) is 7.40. The van der Waals surface area contributed by atoms with Crippen LogP contribution in [0, 0.1) is 5.92 Å². The van der Waals surface area contributed by atoms with Crippen LogP contribution in [0.15, 0.2) is 29.3 Å². The fourth-order valence-electron chi connectivity index (χ4n) is 2.33. The van der Waals surface area contributed by atoms with Crippen molar-refractivity contribution in [3.05, 3.63) is 24.3 Å². The lowest BCUT2D eigenvalue weighted by molar-refractivity contribution is 0.0734. The Bertz CT molecular complexity index is 547. The van der Waals surface area contributed by atoms with Crippen molar-refractivity contribution in [3.8, 4) is 5.75 Å². The van der Waals surface area contributed by atoms with Gasteiger partial charge in [0.15, 0.2) is 5.96 Å². The minimum Gasteiger partial charge on any atom is -0.491 e. The Labute approximate surface area is 176 Å². The van der Waals surface area contributed by atoms with Crippen molar-refractivity contribution in [2.75, 3.05) is 58.6 Å². The van der Waals surface area contributed by atoms with E-state index in [2.05, 4.69) is 29.5 Å². The maximum absolute atomic E-state index is 5.69. The second-order valence-electron chi connectivity index (χ2n) is 7.40. The van der Waals surface area contributed by atoms with Crippen molar-refractivity contribution in [3.63, 3.8) is 0 Å². The molecule has 0 aromatic heterocycles. The number of benzene rings is 1. The van der Waals surface area contributed by atoms with Gasteiger partial charge in [-0.1, -0.05) is 13.8 Å². The molecule has 0 saturated carbocycles. The number of rotatable bonds is 15. The molecule has 29 heavy (non-hydrogen) atoms. The molecule has 1 rings (SSSR count). The highest BCUT2D eigenvalue weighted by atomic mass is 16.5. The van der Waals surface area contributed by atoms with Crippen LogP contribution in [-0.2, 0) is 14.2 Å². The highest BCUT2D eigenvalue weighted by molar-refractivity contribution is 5.93. The summed E-state index contributed by atoms with van der Waals surface area (Å²) >= 11 is 0. The van der Waals surface area contributed by atoms with Crippen LogP contribution in [0.3, 0.4) is 0 Å². The van der Waals surface area contributed by atoms with Gasteiger partial charge in [0.2, 0.25) is 0 Å². The molecule has 0 bridgehead atoms. The Morgan fingerprint density at radius 1 is 0.966 bits per heavy atom. The van der Waals surface area contributed by atoms with Crippen LogP contribution >= 0.6 is 0 Å². The van der Waals surface area contributed by atoms with Gasteiger partial charge in [-0.05, 0) is 50.5 Å². The first-order valence-electron chi connectivity index (χ1n) is 10.5. The number of hydrogen-bond acceptors (Lipinski definition) is 5. The zero-order valence-corrected chi connectivity index (χ0v) is 18.7. The summed E-state index contributed by atoms with van der Waals surface area (Å²) in [7, 11) is 1.67. The summed E-state index contributed by atoms with van der Waals surface area (Å²) in [5, 5.41) is 6.64. The number of aliphatic imine (C=N–C) groups is 1. The molecule has 7 nitrogen and oxygen atoms in total. The number of nitrogens with zero attached hydrogens (tertiary/aromatic N) is 1. The molecule has 7 heteroatoms. The molecule has 0 spiro atoms. The molecule has 0 amide bonds. The molecule has 1 aromatic rings. The topological polar surface area (TPSA) is 73.3 Å². The van der Waals surface area contributed by atoms with E-state index in [9.17, 15) is 0 Å². The predicted octanol–water partition coefficient (Wildman–Crippen LogP) is 3.56. The Kier molecular flexibility index (Phi) is 13.9. The van der Waals surface area contributed by atoms with Crippen molar-refractivity contribution >= 4 is 11.6 Å². The minimum absolute atomic E-state index is 0.156. The van der Waals surface area contributed by atoms with Crippen LogP contribution in [0.5, 0.6) is 5.75 Å². The van der Waals surface area contributed by atoms with Crippen LogP contribution in [-0.4, -0.2) is 65.3 Å². The van der Waals surface area contributed by atoms with E-state index in [4.69, 9.17) is 18.9 Å². The summed E-state index contributed by atoms with van der Waals surface area (Å²) in [4.78, 5) is 4.64. The van der Waals surface area contributed by atoms with E-state index in [1.807, 2.05) is 38.1 Å². The van der Waals surface area contributed by atoms with E-state index in [0.29, 0.717) is 38.8 Å². The van der Waals surface area contributed by atoms with Gasteiger partial charge in [-0.3, -0.25) is 4.99 Å². The summed E-state index contributed by atoms with van der Waals surface area (Å²) in [5.41, 5.74) is 0.948. The van der Waals surface area contributed by atoms with Crippen LogP contribution < -0.4 is 15.4 Å². The van der Waals surface area contributed by atoms with E-state index in [-0.39, 0.29) is 6.10 Å². The van der Waals surface area contributed by atoms with E-state index in [1.165, 1.54) is 0 Å². The number of ether oxygens (including phenoxy) is 4. The normalized spacial score (nSPS) is 11.9. The van der Waals surface area contributed by atoms with Gasteiger partial charge in [0, 0.05) is 39.1 Å². The lowest BCUT2D eigenvalue weighted by atomic mass is 10.2. The molecule has 0 radical (unpaired) electrons. The van der Waals surface area contributed by atoms with Crippen molar-refractivity contribution in [2.24, 2.45) is 10.9 Å². The summed E-state index contributed by atoms with van der Waals surface area (Å²) in [6, 6.07) is 7.87. The molecule has 0 fully saturated rings. The Morgan fingerprint density at radius 3 is 2.38 bits per heavy atom. The van der Waals surface area contributed by atoms with Crippen LogP contribution in [0.4, 0.5) is 5.69 Å². The first-order valence-corrected chi connectivity index (χ1v) is 10.5. The van der Waals surface area contributed by atoms with Crippen LogP contribution in [0.2, 0.25) is 0 Å². The molecule has 0 aliphatic rings. The zero-order chi connectivity index (χ0) is 21.3. The van der Waals surface area contributed by atoms with Gasteiger partial charge in [0.05, 0.1) is 25.9 Å². The summed E-state index contributed by atoms with van der Waals surface area (Å²) in [6.45, 7) is 13.0. The van der Waals surface area contributed by atoms with Crippen LogP contribution in [0.1, 0.15) is 34.1 Å². The molecule has 0 atom stereocenters. The molecular weight excluding hydrogens is 370 g/mol. The maximum Gasteiger partial charge on any atom is 0.195 e. The second kappa shape index (κ2) is 16.0. The molecule has 2 N–H and O–H groups in total. The Balaban J connectivity index is 2.50. The third-order valence-corrected chi connectivity index (χ3v) is 3.63. The molecule has 1 aromatic carbocycles. The van der Waals surface area contributed by atoms with Gasteiger partial charge in [0.25, 0.3) is 0 Å². The van der Waals surface area contributed by atoms with Gasteiger partial charge in [-0.25, -0.2) is 0 Å². The summed E-state index contributed by atoms with van der Waals surface area (Å²) in [6.07, 6.45) is 1.04. The number of guanidine groups is 1. The summed E-state index contributed by atoms with van der Waals surface area (Å²) < 4.78 is 21.8. The number of anilines is 1. The van der Waals surface area contributed by atoms with Gasteiger partial charge in [-0.15, -0.1) is 0 Å². The molecule has 0 saturated heterocycles. The van der Waals surface area contributed by atoms with Crippen LogP contribution in [0.25, 0.3) is 0 Å². The molecule has 0 aliphatic heterocycles. The highest BCUT2D eigenvalue weighted by Gasteiger charge is 2.02. The first-order chi connectivity index (χ1) is 14.0. The fraction of sp³-hybridized carbons (Fsp3) is 0.682. The third kappa shape index (κ3) is 13.9. The molecule has 166 valence electrons. The van der Waals surface area contributed by atoms with Gasteiger partial charge in [-0.2, -0.15) is 0 Å². The standard InChI is InChI=1S/C22H39N3O4/c1-18(2)17-28-13-6-11-23-22(24-12-14-27-16-15-26-5)25-20-7-9-21(10-8-20)29-19(3)4/h7-10,18-19H,6,11-17H2,1-5H3,(H2,23,24,25). The molecule has 0 heterocycles. The summed E-state index contributed by atoms with van der Waals surface area (Å²) in [5.74, 6) is 2.13. The number of nitrogens with one attached hydrogen (secondary N) is 2. The van der Waals surface area contributed by atoms with Crippen molar-refractivity contribution < 1.29 is 18.9 Å². The van der Waals surface area contributed by atoms with Gasteiger partial charge < -0.3 is 29.6 Å². The minimum atomic E-state index is 0.156. The average molecular weight is 410 g/mol. The lowest BCUT2D eigenvalue weighted by Crippen LogP contribution is -2.34.